The van der Waals surface area contributed by atoms with Crippen LogP contribution in [0, 0.1) is 17.3 Å². The Bertz CT molecular complexity index is 151. The van der Waals surface area contributed by atoms with Crippen molar-refractivity contribution in [1.29, 1.82) is 0 Å². The number of hydrogen-bond donors (Lipinski definition) is 0. The molecule has 0 saturated carbocycles. The average Bonchev–Trinajstić information content (AvgIpc) is 2.18. The van der Waals surface area contributed by atoms with E-state index in [1.54, 1.807) is 0 Å². The molecule has 0 nitrogen and oxygen atoms in total. The second-order valence-electron chi connectivity index (χ2n) is 4.73. The third-order valence-electron chi connectivity index (χ3n) is 4.09. The van der Waals surface area contributed by atoms with Gasteiger partial charge in [0.05, 0.1) is 0 Å². The highest BCUT2D eigenvalue weighted by molar-refractivity contribution is 4.95. The fraction of sp³-hybridized carbons (Fsp3) is 0.857. The minimum atomic E-state index is 0.484. The van der Waals surface area contributed by atoms with Crippen LogP contribution in [0.3, 0.4) is 0 Å². The molecule has 0 heteroatoms. The Balaban J connectivity index is 4.82. The molecule has 0 aliphatic rings. The summed E-state index contributed by atoms with van der Waals surface area (Å²) in [5, 5.41) is 0. The molecule has 14 heavy (non-hydrogen) atoms. The predicted octanol–water partition coefficient (Wildman–Crippen LogP) is 5.05. The molecule has 1 unspecified atom stereocenters. The van der Waals surface area contributed by atoms with Gasteiger partial charge in [-0.2, -0.15) is 0 Å². The summed E-state index contributed by atoms with van der Waals surface area (Å²) in [4.78, 5) is 0. The van der Waals surface area contributed by atoms with E-state index in [1.807, 2.05) is 0 Å². The molecule has 0 amide bonds. The minimum Gasteiger partial charge on any atom is -0.103 e. The molecule has 0 saturated heterocycles. The average molecular weight is 196 g/mol. The van der Waals surface area contributed by atoms with Gasteiger partial charge in [-0.05, 0) is 36.5 Å². The Kier molecular flexibility index (Phi) is 6.15. The zero-order chi connectivity index (χ0) is 11.2. The van der Waals surface area contributed by atoms with Crippen LogP contribution in [0.1, 0.15) is 60.3 Å². The van der Waals surface area contributed by atoms with Crippen molar-refractivity contribution in [3.63, 3.8) is 0 Å². The zero-order valence-electron chi connectivity index (χ0n) is 10.8. The van der Waals surface area contributed by atoms with Gasteiger partial charge in [-0.1, -0.05) is 47.1 Å². The highest BCUT2D eigenvalue weighted by Crippen LogP contribution is 2.44. The summed E-state index contributed by atoms with van der Waals surface area (Å²) in [6.07, 6.45) is 7.31. The lowest BCUT2D eigenvalue weighted by Gasteiger charge is -2.42. The fourth-order valence-electron chi connectivity index (χ4n) is 2.97. The van der Waals surface area contributed by atoms with Crippen LogP contribution < -0.4 is 0 Å². The van der Waals surface area contributed by atoms with E-state index in [-0.39, 0.29) is 0 Å². The van der Waals surface area contributed by atoms with Crippen molar-refractivity contribution < 1.29 is 0 Å². The predicted molar refractivity (Wildman–Crippen MR) is 66.4 cm³/mol. The molecular weight excluding hydrogens is 168 g/mol. The molecule has 0 aliphatic carbocycles. The van der Waals surface area contributed by atoms with Gasteiger partial charge < -0.3 is 0 Å². The number of hydrogen-bond acceptors (Lipinski definition) is 0. The molecule has 0 heterocycles. The van der Waals surface area contributed by atoms with Crippen LogP contribution in [0.15, 0.2) is 12.7 Å². The molecule has 0 aliphatic heterocycles. The molecule has 0 aromatic rings. The summed E-state index contributed by atoms with van der Waals surface area (Å²) < 4.78 is 0. The SMILES string of the molecule is C=CC(CCC)C(CC)(CC)C(C)C. The topological polar surface area (TPSA) is 0 Å². The summed E-state index contributed by atoms with van der Waals surface area (Å²) in [5.41, 5.74) is 0.484. The fourth-order valence-corrected chi connectivity index (χ4v) is 2.97. The normalized spacial score (nSPS) is 14.4. The molecule has 1 atom stereocenters. The van der Waals surface area contributed by atoms with Crippen LogP contribution in [0.4, 0.5) is 0 Å². The van der Waals surface area contributed by atoms with Gasteiger partial charge >= 0.3 is 0 Å². The van der Waals surface area contributed by atoms with Gasteiger partial charge in [0.2, 0.25) is 0 Å². The van der Waals surface area contributed by atoms with Crippen LogP contribution >= 0.6 is 0 Å². The van der Waals surface area contributed by atoms with Crippen LogP contribution in [0.2, 0.25) is 0 Å². The summed E-state index contributed by atoms with van der Waals surface area (Å²) in [7, 11) is 0. The van der Waals surface area contributed by atoms with E-state index in [2.05, 4.69) is 47.3 Å². The first-order valence-corrected chi connectivity index (χ1v) is 6.21. The Morgan fingerprint density at radius 2 is 1.64 bits per heavy atom. The van der Waals surface area contributed by atoms with Gasteiger partial charge in [0.15, 0.2) is 0 Å². The van der Waals surface area contributed by atoms with E-state index in [0.29, 0.717) is 11.3 Å². The first-order chi connectivity index (χ1) is 6.58. The maximum atomic E-state index is 4.02. The Morgan fingerprint density at radius 3 is 1.86 bits per heavy atom. The van der Waals surface area contributed by atoms with Gasteiger partial charge in [-0.15, -0.1) is 6.58 Å². The number of allylic oxidation sites excluding steroid dienone is 1. The third kappa shape index (κ3) is 2.62. The lowest BCUT2D eigenvalue weighted by atomic mass is 9.63. The first kappa shape index (κ1) is 13.7. The van der Waals surface area contributed by atoms with Crippen molar-refractivity contribution in [3.05, 3.63) is 12.7 Å². The quantitative estimate of drug-likeness (QED) is 0.500. The molecule has 0 fully saturated rings. The van der Waals surface area contributed by atoms with E-state index in [4.69, 9.17) is 0 Å². The van der Waals surface area contributed by atoms with Crippen molar-refractivity contribution >= 4 is 0 Å². The lowest BCUT2D eigenvalue weighted by molar-refractivity contribution is 0.0991. The molecule has 0 spiro atoms. The van der Waals surface area contributed by atoms with E-state index >= 15 is 0 Å². The third-order valence-corrected chi connectivity index (χ3v) is 4.09. The summed E-state index contributed by atoms with van der Waals surface area (Å²) in [6, 6.07) is 0. The van der Waals surface area contributed by atoms with E-state index in [9.17, 15) is 0 Å². The summed E-state index contributed by atoms with van der Waals surface area (Å²) in [5.74, 6) is 1.45. The van der Waals surface area contributed by atoms with Gasteiger partial charge in [0.1, 0.15) is 0 Å². The van der Waals surface area contributed by atoms with Crippen molar-refractivity contribution in [2.24, 2.45) is 17.3 Å². The maximum absolute atomic E-state index is 4.02. The molecule has 0 aromatic carbocycles. The monoisotopic (exact) mass is 196 g/mol. The summed E-state index contributed by atoms with van der Waals surface area (Å²) >= 11 is 0. The zero-order valence-corrected chi connectivity index (χ0v) is 10.8. The largest absolute Gasteiger partial charge is 0.103 e. The van der Waals surface area contributed by atoms with E-state index < -0.39 is 0 Å². The highest BCUT2D eigenvalue weighted by atomic mass is 14.4. The van der Waals surface area contributed by atoms with E-state index in [0.717, 1.165) is 5.92 Å². The minimum absolute atomic E-state index is 0.484. The molecule has 0 aromatic heterocycles. The van der Waals surface area contributed by atoms with Gasteiger partial charge in [-0.3, -0.25) is 0 Å². The van der Waals surface area contributed by atoms with Crippen molar-refractivity contribution in [3.8, 4) is 0 Å². The Hall–Kier alpha value is -0.260. The van der Waals surface area contributed by atoms with Crippen LogP contribution in [-0.4, -0.2) is 0 Å². The smallest absolute Gasteiger partial charge is 0.0177 e. The van der Waals surface area contributed by atoms with Gasteiger partial charge in [0.25, 0.3) is 0 Å². The van der Waals surface area contributed by atoms with Gasteiger partial charge in [-0.25, -0.2) is 0 Å². The van der Waals surface area contributed by atoms with Crippen molar-refractivity contribution in [1.82, 2.24) is 0 Å². The van der Waals surface area contributed by atoms with Crippen LogP contribution in [0.25, 0.3) is 0 Å². The molecular formula is C14H28. The highest BCUT2D eigenvalue weighted by Gasteiger charge is 2.35. The second-order valence-corrected chi connectivity index (χ2v) is 4.73. The summed E-state index contributed by atoms with van der Waals surface area (Å²) in [6.45, 7) is 15.7. The maximum Gasteiger partial charge on any atom is -0.0177 e. The van der Waals surface area contributed by atoms with Crippen molar-refractivity contribution in [2.45, 2.75) is 60.3 Å². The second kappa shape index (κ2) is 6.27. The van der Waals surface area contributed by atoms with Crippen LogP contribution in [0.5, 0.6) is 0 Å². The molecule has 0 rings (SSSR count). The molecule has 0 N–H and O–H groups in total. The number of rotatable bonds is 7. The van der Waals surface area contributed by atoms with Gasteiger partial charge in [0, 0.05) is 0 Å². The van der Waals surface area contributed by atoms with Crippen molar-refractivity contribution in [2.75, 3.05) is 0 Å². The standard InChI is InChI=1S/C14H28/c1-7-11-13(8-2)14(9-3,10-4)12(5)6/h8,12-13H,2,7,9-11H2,1,3-6H3. The Labute approximate surface area is 90.8 Å². The van der Waals surface area contributed by atoms with Crippen LogP contribution in [-0.2, 0) is 0 Å². The Morgan fingerprint density at radius 1 is 1.14 bits per heavy atom. The molecule has 0 radical (unpaired) electrons. The lowest BCUT2D eigenvalue weighted by Crippen LogP contribution is -2.33. The molecule has 0 bridgehead atoms. The molecule has 84 valence electrons. The van der Waals surface area contributed by atoms with E-state index in [1.165, 1.54) is 25.7 Å². The first-order valence-electron chi connectivity index (χ1n) is 6.21.